The van der Waals surface area contributed by atoms with Crippen molar-refractivity contribution in [3.8, 4) is 11.4 Å². The van der Waals surface area contributed by atoms with Crippen LogP contribution >= 0.6 is 11.3 Å². The van der Waals surface area contributed by atoms with Gasteiger partial charge in [-0.05, 0) is 55.4 Å². The van der Waals surface area contributed by atoms with Gasteiger partial charge < -0.3 is 10.2 Å². The Balaban J connectivity index is 1.46. The number of anilines is 1. The Bertz CT molecular complexity index is 797. The molecule has 3 aromatic heterocycles. The summed E-state index contributed by atoms with van der Waals surface area (Å²) in [6.45, 7) is 6.84. The van der Waals surface area contributed by atoms with E-state index in [0.29, 0.717) is 5.92 Å². The molecule has 1 atom stereocenters. The van der Waals surface area contributed by atoms with E-state index in [0.717, 1.165) is 29.4 Å². The molecule has 0 bridgehead atoms. The van der Waals surface area contributed by atoms with Crippen molar-refractivity contribution in [1.82, 2.24) is 24.7 Å². The minimum absolute atomic E-state index is 0.700. The molecule has 1 aliphatic heterocycles. The van der Waals surface area contributed by atoms with Gasteiger partial charge in [0.2, 0.25) is 0 Å². The summed E-state index contributed by atoms with van der Waals surface area (Å²) < 4.78 is 1.82. The average Bonchev–Trinajstić information content (AvgIpc) is 3.33. The van der Waals surface area contributed by atoms with Gasteiger partial charge in [-0.15, -0.1) is 15.3 Å². The van der Waals surface area contributed by atoms with Crippen LogP contribution in [0.5, 0.6) is 0 Å². The molecule has 4 rings (SSSR count). The molecule has 0 spiro atoms. The molecule has 0 amide bonds. The van der Waals surface area contributed by atoms with Gasteiger partial charge in [-0.1, -0.05) is 6.92 Å². The van der Waals surface area contributed by atoms with Crippen LogP contribution in [-0.2, 0) is 0 Å². The maximum Gasteiger partial charge on any atom is 0.186 e. The molecule has 1 fully saturated rings. The summed E-state index contributed by atoms with van der Waals surface area (Å²) in [6.07, 6.45) is 2.50. The molecule has 126 valence electrons. The zero-order chi connectivity index (χ0) is 16.4. The Labute approximate surface area is 145 Å². The summed E-state index contributed by atoms with van der Waals surface area (Å²) in [5.41, 5.74) is 1.83. The van der Waals surface area contributed by atoms with Crippen LogP contribution in [0.2, 0.25) is 0 Å². The maximum absolute atomic E-state index is 4.68. The lowest BCUT2D eigenvalue weighted by atomic mass is 10.1. The van der Waals surface area contributed by atoms with E-state index < -0.39 is 0 Å². The monoisotopic (exact) mass is 342 g/mol. The smallest absolute Gasteiger partial charge is 0.186 e. The number of aromatic nitrogens is 4. The van der Waals surface area contributed by atoms with E-state index in [4.69, 9.17) is 0 Å². The number of fused-ring (bicyclic) bond motifs is 1. The van der Waals surface area contributed by atoms with Crippen LogP contribution in [0.4, 0.5) is 5.82 Å². The fraction of sp³-hybridized carbons (Fsp3) is 0.471. The lowest BCUT2D eigenvalue weighted by molar-refractivity contribution is 0.327. The zero-order valence-electron chi connectivity index (χ0n) is 13.9. The molecule has 24 heavy (non-hydrogen) atoms. The summed E-state index contributed by atoms with van der Waals surface area (Å²) in [5.74, 6) is 2.38. The topological polar surface area (TPSA) is 58.3 Å². The van der Waals surface area contributed by atoms with E-state index in [1.54, 1.807) is 11.3 Å². The van der Waals surface area contributed by atoms with Gasteiger partial charge in [0.25, 0.3) is 0 Å². The molecular formula is C17H22N6S. The Morgan fingerprint density at radius 3 is 3.08 bits per heavy atom. The third-order valence-corrected chi connectivity index (χ3v) is 5.21. The molecule has 3 aromatic rings. The van der Waals surface area contributed by atoms with Crippen molar-refractivity contribution in [3.63, 3.8) is 0 Å². The minimum Gasteiger partial charge on any atom is -0.368 e. The standard InChI is InChI=1S/C17H22N6S/c1-2-7-22-8-5-13(11-22)10-18-15-3-4-16-19-20-17(23(16)21-15)14-6-9-24-12-14/h3-4,6,9,12-13H,2,5,7-8,10-11H2,1H3,(H,18,21). The first-order valence-electron chi connectivity index (χ1n) is 8.54. The van der Waals surface area contributed by atoms with Crippen LogP contribution < -0.4 is 5.32 Å². The Hall–Kier alpha value is -1.99. The maximum atomic E-state index is 4.68. The van der Waals surface area contributed by atoms with Crippen molar-refractivity contribution in [1.29, 1.82) is 0 Å². The number of nitrogens with one attached hydrogen (secondary N) is 1. The van der Waals surface area contributed by atoms with Crippen molar-refractivity contribution < 1.29 is 0 Å². The van der Waals surface area contributed by atoms with Crippen LogP contribution in [0, 0.1) is 5.92 Å². The third-order valence-electron chi connectivity index (χ3n) is 4.52. The first-order valence-corrected chi connectivity index (χ1v) is 9.49. The van der Waals surface area contributed by atoms with Crippen molar-refractivity contribution in [3.05, 3.63) is 29.0 Å². The van der Waals surface area contributed by atoms with Gasteiger partial charge in [-0.25, -0.2) is 0 Å². The van der Waals surface area contributed by atoms with Gasteiger partial charge in [-0.2, -0.15) is 15.9 Å². The molecule has 1 saturated heterocycles. The number of hydrogen-bond acceptors (Lipinski definition) is 6. The minimum atomic E-state index is 0.700. The van der Waals surface area contributed by atoms with Gasteiger partial charge in [0.15, 0.2) is 11.5 Å². The largest absolute Gasteiger partial charge is 0.368 e. The van der Waals surface area contributed by atoms with Crippen molar-refractivity contribution in [2.75, 3.05) is 31.5 Å². The highest BCUT2D eigenvalue weighted by Crippen LogP contribution is 2.21. The summed E-state index contributed by atoms with van der Waals surface area (Å²) in [5, 5.41) is 20.8. The number of rotatable bonds is 6. The Kier molecular flexibility index (Phi) is 4.44. The second-order valence-corrected chi connectivity index (χ2v) is 7.14. The Morgan fingerprint density at radius 2 is 2.25 bits per heavy atom. The second kappa shape index (κ2) is 6.86. The number of hydrogen-bond donors (Lipinski definition) is 1. The molecule has 1 N–H and O–H groups in total. The van der Waals surface area contributed by atoms with Crippen molar-refractivity contribution in [2.24, 2.45) is 5.92 Å². The Morgan fingerprint density at radius 1 is 1.29 bits per heavy atom. The van der Waals surface area contributed by atoms with Crippen LogP contribution in [0.1, 0.15) is 19.8 Å². The van der Waals surface area contributed by atoms with E-state index in [2.05, 4.69) is 37.8 Å². The van der Waals surface area contributed by atoms with Gasteiger partial charge in [0, 0.05) is 24.0 Å². The highest BCUT2D eigenvalue weighted by atomic mass is 32.1. The van der Waals surface area contributed by atoms with Crippen LogP contribution in [-0.4, -0.2) is 50.9 Å². The molecular weight excluding hydrogens is 320 g/mol. The third kappa shape index (κ3) is 3.14. The van der Waals surface area contributed by atoms with E-state index >= 15 is 0 Å². The molecule has 0 aromatic carbocycles. The van der Waals surface area contributed by atoms with E-state index in [1.165, 1.54) is 32.5 Å². The van der Waals surface area contributed by atoms with E-state index in [9.17, 15) is 0 Å². The van der Waals surface area contributed by atoms with Crippen LogP contribution in [0.3, 0.4) is 0 Å². The SMILES string of the molecule is CCCN1CCC(CNc2ccc3nnc(-c4ccsc4)n3n2)C1. The molecule has 0 radical (unpaired) electrons. The summed E-state index contributed by atoms with van der Waals surface area (Å²) >= 11 is 1.65. The van der Waals surface area contributed by atoms with Crippen molar-refractivity contribution >= 4 is 22.8 Å². The first-order chi connectivity index (χ1) is 11.8. The number of nitrogens with zero attached hydrogens (tertiary/aromatic N) is 5. The second-order valence-electron chi connectivity index (χ2n) is 6.36. The van der Waals surface area contributed by atoms with Gasteiger partial charge in [0.05, 0.1) is 0 Å². The summed E-state index contributed by atoms with van der Waals surface area (Å²) in [4.78, 5) is 2.55. The van der Waals surface area contributed by atoms with Crippen LogP contribution in [0.25, 0.3) is 17.0 Å². The first kappa shape index (κ1) is 15.5. The summed E-state index contributed by atoms with van der Waals surface area (Å²) in [7, 11) is 0. The fourth-order valence-corrected chi connectivity index (χ4v) is 3.94. The van der Waals surface area contributed by atoms with Gasteiger partial charge >= 0.3 is 0 Å². The predicted molar refractivity (Wildman–Crippen MR) is 97.4 cm³/mol. The summed E-state index contributed by atoms with van der Waals surface area (Å²) in [6, 6.07) is 6.00. The van der Waals surface area contributed by atoms with Gasteiger partial charge in [-0.3, -0.25) is 0 Å². The quantitative estimate of drug-likeness (QED) is 0.746. The number of thiophene rings is 1. The molecule has 1 unspecified atom stereocenters. The normalized spacial score (nSPS) is 18.5. The predicted octanol–water partition coefficient (Wildman–Crippen LogP) is 3.00. The molecule has 6 nitrogen and oxygen atoms in total. The van der Waals surface area contributed by atoms with Crippen molar-refractivity contribution in [2.45, 2.75) is 19.8 Å². The van der Waals surface area contributed by atoms with E-state index in [-0.39, 0.29) is 0 Å². The molecule has 4 heterocycles. The van der Waals surface area contributed by atoms with E-state index in [1.807, 2.05) is 28.1 Å². The number of likely N-dealkylation sites (tertiary alicyclic amines) is 1. The lowest BCUT2D eigenvalue weighted by Crippen LogP contribution is -2.23. The lowest BCUT2D eigenvalue weighted by Gasteiger charge is -2.15. The molecule has 7 heteroatoms. The van der Waals surface area contributed by atoms with Crippen LogP contribution in [0.15, 0.2) is 29.0 Å². The zero-order valence-corrected chi connectivity index (χ0v) is 14.7. The fourth-order valence-electron chi connectivity index (χ4n) is 3.30. The highest BCUT2D eigenvalue weighted by molar-refractivity contribution is 7.08. The molecule has 1 aliphatic rings. The molecule has 0 saturated carbocycles. The average molecular weight is 342 g/mol. The highest BCUT2D eigenvalue weighted by Gasteiger charge is 2.21. The molecule has 0 aliphatic carbocycles. The van der Waals surface area contributed by atoms with Gasteiger partial charge in [0.1, 0.15) is 5.82 Å².